The summed E-state index contributed by atoms with van der Waals surface area (Å²) in [5, 5.41) is 2.50. The molecule has 0 saturated carbocycles. The minimum atomic E-state index is -4.56. The molecule has 0 aliphatic heterocycles. The van der Waals surface area contributed by atoms with Gasteiger partial charge in [0, 0.05) is 23.3 Å². The molecule has 0 bridgehead atoms. The van der Waals surface area contributed by atoms with Crippen molar-refractivity contribution >= 4 is 35.1 Å². The number of alkyl halides is 3. The zero-order valence-electron chi connectivity index (χ0n) is 16.1. The van der Waals surface area contributed by atoms with E-state index in [1.165, 1.54) is 50.6 Å². The van der Waals surface area contributed by atoms with E-state index in [2.05, 4.69) is 15.0 Å². The summed E-state index contributed by atoms with van der Waals surface area (Å²) in [5.74, 6) is -3.90. The van der Waals surface area contributed by atoms with Gasteiger partial charge in [0.25, 0.3) is 5.91 Å². The van der Waals surface area contributed by atoms with Crippen LogP contribution in [0.2, 0.25) is 10.2 Å². The molecule has 1 N–H and O–H groups in total. The van der Waals surface area contributed by atoms with E-state index in [9.17, 15) is 22.8 Å². The molecule has 0 spiro atoms. The topological polar surface area (TPSA) is 68.3 Å². The molecule has 1 amide bonds. The number of pyridine rings is 1. The van der Waals surface area contributed by atoms with Gasteiger partial charge in [-0.3, -0.25) is 9.59 Å². The Kier molecular flexibility index (Phi) is 8.09. The third-order valence-electron chi connectivity index (χ3n) is 4.56. The average molecular weight is 463 g/mol. The minimum Gasteiger partial charge on any atom is -0.469 e. The summed E-state index contributed by atoms with van der Waals surface area (Å²) in [4.78, 5) is 27.0. The molecule has 0 saturated heterocycles. The van der Waals surface area contributed by atoms with Crippen molar-refractivity contribution in [3.05, 3.63) is 63.4 Å². The van der Waals surface area contributed by atoms with Gasteiger partial charge >= 0.3 is 12.1 Å². The number of ether oxygens (including phenoxy) is 1. The normalized spacial score (nSPS) is 13.4. The largest absolute Gasteiger partial charge is 0.469 e. The molecular weight excluding hydrogens is 444 g/mol. The standard InChI is InChI=1S/C20H19Cl2F3N2O3/c1-11(18(20(23,24)25)12-5-7-26-16(22)10-12)14-4-3-13(9-15(14)21)19(29)27-8-6-17(28)30-2/h3-5,7,9-11,18H,6,8H2,1-2H3,(H,27,29). The summed E-state index contributed by atoms with van der Waals surface area (Å²) in [5.41, 5.74) is 0.366. The highest BCUT2D eigenvalue weighted by molar-refractivity contribution is 6.31. The Morgan fingerprint density at radius 2 is 1.90 bits per heavy atom. The van der Waals surface area contributed by atoms with Crippen molar-refractivity contribution in [3.8, 4) is 0 Å². The lowest BCUT2D eigenvalue weighted by Gasteiger charge is -2.28. The average Bonchev–Trinajstić information content (AvgIpc) is 2.66. The van der Waals surface area contributed by atoms with Crippen molar-refractivity contribution in [1.29, 1.82) is 0 Å². The molecule has 10 heteroatoms. The lowest BCUT2D eigenvalue weighted by molar-refractivity contribution is -0.154. The first-order chi connectivity index (χ1) is 14.0. The van der Waals surface area contributed by atoms with Crippen LogP contribution in [0, 0.1) is 0 Å². The fraction of sp³-hybridized carbons (Fsp3) is 0.350. The SMILES string of the molecule is COC(=O)CCNC(=O)c1ccc(C(C)C(c2ccnc(Cl)c2)C(F)(F)F)c(Cl)c1. The van der Waals surface area contributed by atoms with Gasteiger partial charge < -0.3 is 10.1 Å². The molecule has 162 valence electrons. The molecule has 0 aliphatic carbocycles. The number of esters is 1. The Morgan fingerprint density at radius 3 is 2.47 bits per heavy atom. The van der Waals surface area contributed by atoms with Crippen LogP contribution in [0.5, 0.6) is 0 Å². The predicted molar refractivity (Wildman–Crippen MR) is 107 cm³/mol. The van der Waals surface area contributed by atoms with Gasteiger partial charge in [0.1, 0.15) is 5.15 Å². The number of nitrogens with zero attached hydrogens (tertiary/aromatic N) is 1. The summed E-state index contributed by atoms with van der Waals surface area (Å²) < 4.78 is 46.0. The summed E-state index contributed by atoms with van der Waals surface area (Å²) in [6, 6.07) is 6.51. The minimum absolute atomic E-state index is 0.00710. The molecule has 2 rings (SSSR count). The molecule has 0 aliphatic rings. The second-order valence-corrected chi connectivity index (χ2v) is 7.33. The number of methoxy groups -OCH3 is 1. The van der Waals surface area contributed by atoms with Gasteiger partial charge in [-0.25, -0.2) is 4.98 Å². The van der Waals surface area contributed by atoms with Gasteiger partial charge in [-0.15, -0.1) is 0 Å². The van der Waals surface area contributed by atoms with Crippen LogP contribution in [0.3, 0.4) is 0 Å². The molecule has 30 heavy (non-hydrogen) atoms. The summed E-state index contributed by atoms with van der Waals surface area (Å²) in [6.07, 6.45) is -3.35. The van der Waals surface area contributed by atoms with Crippen molar-refractivity contribution in [1.82, 2.24) is 10.3 Å². The number of carbonyl (C=O) groups is 2. The molecule has 1 heterocycles. The molecular formula is C20H19Cl2F3N2O3. The summed E-state index contributed by atoms with van der Waals surface area (Å²) in [6.45, 7) is 1.46. The van der Waals surface area contributed by atoms with Crippen LogP contribution in [0.25, 0.3) is 0 Å². The fourth-order valence-corrected chi connectivity index (χ4v) is 3.61. The van der Waals surface area contributed by atoms with E-state index in [0.29, 0.717) is 0 Å². The fourth-order valence-electron chi connectivity index (χ4n) is 3.07. The molecule has 2 unspecified atom stereocenters. The first kappa shape index (κ1) is 24.0. The monoisotopic (exact) mass is 462 g/mol. The van der Waals surface area contributed by atoms with Gasteiger partial charge in [0.2, 0.25) is 0 Å². The molecule has 2 atom stereocenters. The van der Waals surface area contributed by atoms with Crippen LogP contribution in [-0.2, 0) is 9.53 Å². The molecule has 0 radical (unpaired) electrons. The number of hydrogen-bond donors (Lipinski definition) is 1. The lowest BCUT2D eigenvalue weighted by Crippen LogP contribution is -2.27. The van der Waals surface area contributed by atoms with E-state index in [1.807, 2.05) is 0 Å². The van der Waals surface area contributed by atoms with Crippen molar-refractivity contribution < 1.29 is 27.5 Å². The van der Waals surface area contributed by atoms with Crippen molar-refractivity contribution in [2.75, 3.05) is 13.7 Å². The zero-order chi connectivity index (χ0) is 22.5. The van der Waals surface area contributed by atoms with Crippen LogP contribution < -0.4 is 5.32 Å². The molecule has 5 nitrogen and oxygen atoms in total. The van der Waals surface area contributed by atoms with Gasteiger partial charge in [0.05, 0.1) is 19.4 Å². The molecule has 2 aromatic rings. The number of halogens is 5. The third kappa shape index (κ3) is 6.09. The number of amides is 1. The first-order valence-corrected chi connectivity index (χ1v) is 9.62. The maximum Gasteiger partial charge on any atom is 0.396 e. The Bertz CT molecular complexity index is 922. The first-order valence-electron chi connectivity index (χ1n) is 8.87. The number of rotatable bonds is 7. The number of hydrogen-bond acceptors (Lipinski definition) is 4. The quantitative estimate of drug-likeness (QED) is 0.457. The lowest BCUT2D eigenvalue weighted by atomic mass is 9.82. The van der Waals surface area contributed by atoms with Gasteiger partial charge in [0.15, 0.2) is 0 Å². The zero-order valence-corrected chi connectivity index (χ0v) is 17.6. The Morgan fingerprint density at radius 1 is 1.20 bits per heavy atom. The van der Waals surface area contributed by atoms with Crippen LogP contribution >= 0.6 is 23.2 Å². The molecule has 0 fully saturated rings. The Balaban J connectivity index is 2.25. The number of aromatic nitrogens is 1. The van der Waals surface area contributed by atoms with Crippen LogP contribution in [-0.4, -0.2) is 36.7 Å². The second-order valence-electron chi connectivity index (χ2n) is 6.54. The van der Waals surface area contributed by atoms with E-state index in [4.69, 9.17) is 23.2 Å². The highest BCUT2D eigenvalue weighted by Crippen LogP contribution is 2.46. The van der Waals surface area contributed by atoms with E-state index < -0.39 is 29.9 Å². The smallest absolute Gasteiger partial charge is 0.396 e. The van der Waals surface area contributed by atoms with E-state index >= 15 is 0 Å². The number of benzene rings is 1. The van der Waals surface area contributed by atoms with Crippen LogP contribution in [0.15, 0.2) is 36.5 Å². The highest BCUT2D eigenvalue weighted by atomic mass is 35.5. The number of nitrogens with one attached hydrogen (secondary N) is 1. The number of carbonyl (C=O) groups excluding carboxylic acids is 2. The van der Waals surface area contributed by atoms with E-state index in [-0.39, 0.29) is 39.8 Å². The van der Waals surface area contributed by atoms with Crippen molar-refractivity contribution in [2.24, 2.45) is 0 Å². The maximum atomic E-state index is 13.8. The Labute approximate surface area is 181 Å². The van der Waals surface area contributed by atoms with E-state index in [0.717, 1.165) is 0 Å². The molecule has 1 aromatic heterocycles. The second kappa shape index (κ2) is 10.1. The third-order valence-corrected chi connectivity index (χ3v) is 5.09. The summed E-state index contributed by atoms with van der Waals surface area (Å²) >= 11 is 12.0. The maximum absolute atomic E-state index is 13.8. The van der Waals surface area contributed by atoms with Crippen molar-refractivity contribution in [2.45, 2.75) is 31.4 Å². The van der Waals surface area contributed by atoms with Gasteiger partial charge in [-0.05, 0) is 41.3 Å². The predicted octanol–water partition coefficient (Wildman–Crippen LogP) is 5.13. The van der Waals surface area contributed by atoms with E-state index in [1.54, 1.807) is 0 Å². The van der Waals surface area contributed by atoms with Gasteiger partial charge in [-0.1, -0.05) is 36.2 Å². The Hall–Kier alpha value is -2.32. The van der Waals surface area contributed by atoms with Gasteiger partial charge in [-0.2, -0.15) is 13.2 Å². The summed E-state index contributed by atoms with van der Waals surface area (Å²) in [7, 11) is 1.23. The van der Waals surface area contributed by atoms with Crippen molar-refractivity contribution in [3.63, 3.8) is 0 Å². The molecule has 1 aromatic carbocycles. The van der Waals surface area contributed by atoms with Crippen LogP contribution in [0.4, 0.5) is 13.2 Å². The highest BCUT2D eigenvalue weighted by Gasteiger charge is 2.45. The van der Waals surface area contributed by atoms with Crippen LogP contribution in [0.1, 0.15) is 46.7 Å².